The van der Waals surface area contributed by atoms with Crippen LogP contribution in [0.25, 0.3) is 0 Å². The van der Waals surface area contributed by atoms with Crippen molar-refractivity contribution >= 4 is 23.0 Å². The Bertz CT molecular complexity index is 301. The van der Waals surface area contributed by atoms with Crippen molar-refractivity contribution in [2.75, 3.05) is 5.31 Å². The third kappa shape index (κ3) is 2.55. The third-order valence-corrected chi connectivity index (χ3v) is 1.33. The molecule has 0 saturated heterocycles. The van der Waals surface area contributed by atoms with Crippen LogP contribution in [0.4, 0.5) is 5.69 Å². The number of benzene rings is 1. The maximum Gasteiger partial charge on any atom is 0.169 e. The van der Waals surface area contributed by atoms with Crippen LogP contribution in [0.3, 0.4) is 0 Å². The molecule has 1 aromatic carbocycles. The zero-order valence-electron chi connectivity index (χ0n) is 7.24. The summed E-state index contributed by atoms with van der Waals surface area (Å²) in [5.41, 5.74) is 7.07. The van der Waals surface area contributed by atoms with E-state index in [1.807, 2.05) is 25.1 Å². The highest BCUT2D eigenvalue weighted by atomic mass is 32.1. The van der Waals surface area contributed by atoms with Gasteiger partial charge >= 0.3 is 0 Å². The molecule has 0 amide bonds. The maximum absolute atomic E-state index is 7.43. The van der Waals surface area contributed by atoms with E-state index in [4.69, 9.17) is 7.15 Å². The first-order valence-corrected chi connectivity index (χ1v) is 3.67. The van der Waals surface area contributed by atoms with Crippen molar-refractivity contribution in [1.29, 1.82) is 0 Å². The minimum atomic E-state index is 0.0561. The Labute approximate surface area is 72.9 Å². The highest BCUT2D eigenvalue weighted by molar-refractivity contribution is 7.80. The van der Waals surface area contributed by atoms with Gasteiger partial charge in [-0.1, -0.05) is 12.1 Å². The molecule has 0 aliphatic heterocycles. The average molecular weight is 167 g/mol. The summed E-state index contributed by atoms with van der Waals surface area (Å²) in [6, 6.07) is 7.46. The van der Waals surface area contributed by atoms with Crippen LogP contribution in [0.1, 0.15) is 5.56 Å². The first kappa shape index (κ1) is 6.61. The second-order valence-electron chi connectivity index (χ2n) is 2.29. The number of anilines is 1. The summed E-state index contributed by atoms with van der Waals surface area (Å²) in [5.74, 6) is 0. The Balaban J connectivity index is 2.95. The van der Waals surface area contributed by atoms with E-state index in [-0.39, 0.29) is 5.11 Å². The molecule has 0 aliphatic carbocycles. The molecule has 11 heavy (non-hydrogen) atoms. The molecule has 0 bridgehead atoms. The molecule has 1 aromatic rings. The summed E-state index contributed by atoms with van der Waals surface area (Å²) >= 11 is 4.66. The number of hydrogen-bond donors (Lipinski definition) is 2. The van der Waals surface area contributed by atoms with Gasteiger partial charge in [0, 0.05) is 5.69 Å². The molecule has 3 N–H and O–H groups in total. The van der Waals surface area contributed by atoms with Crippen LogP contribution in [0.2, 0.25) is 1.41 Å². The SMILES string of the molecule is [2H]N(C(N)=S)c1cccc(C)c1. The fourth-order valence-electron chi connectivity index (χ4n) is 0.825. The van der Waals surface area contributed by atoms with Crippen molar-refractivity contribution in [2.24, 2.45) is 5.73 Å². The van der Waals surface area contributed by atoms with Gasteiger partial charge < -0.3 is 11.0 Å². The second kappa shape index (κ2) is 3.34. The second-order valence-corrected chi connectivity index (χ2v) is 2.71. The van der Waals surface area contributed by atoms with E-state index in [1.165, 1.54) is 0 Å². The molecule has 0 unspecified atom stereocenters. The van der Waals surface area contributed by atoms with Gasteiger partial charge in [-0.05, 0) is 36.8 Å². The van der Waals surface area contributed by atoms with E-state index in [2.05, 4.69) is 12.2 Å². The first-order valence-electron chi connectivity index (χ1n) is 3.71. The zero-order chi connectivity index (χ0) is 9.14. The number of nitrogens with one attached hydrogen (secondary N) is 1. The van der Waals surface area contributed by atoms with E-state index < -0.39 is 0 Å². The van der Waals surface area contributed by atoms with Crippen LogP contribution in [0.15, 0.2) is 24.3 Å². The summed E-state index contributed by atoms with van der Waals surface area (Å²) in [6.45, 7) is 1.96. The van der Waals surface area contributed by atoms with Crippen molar-refractivity contribution < 1.29 is 1.41 Å². The lowest BCUT2D eigenvalue weighted by atomic mass is 10.2. The van der Waals surface area contributed by atoms with E-state index in [0.29, 0.717) is 5.69 Å². The van der Waals surface area contributed by atoms with Crippen molar-refractivity contribution in [1.82, 2.24) is 0 Å². The number of hydrogen-bond acceptors (Lipinski definition) is 1. The molecular formula is C8H10N2S. The number of aryl methyl sites for hydroxylation is 1. The molecule has 0 aromatic heterocycles. The lowest BCUT2D eigenvalue weighted by molar-refractivity contribution is 1.46. The van der Waals surface area contributed by atoms with Gasteiger partial charge in [-0.2, -0.15) is 0 Å². The summed E-state index contributed by atoms with van der Waals surface area (Å²) in [5, 5.41) is 1.09. The van der Waals surface area contributed by atoms with Crippen LogP contribution < -0.4 is 11.0 Å². The highest BCUT2D eigenvalue weighted by Crippen LogP contribution is 2.08. The molecule has 0 saturated carbocycles. The smallest absolute Gasteiger partial charge is 0.169 e. The lowest BCUT2D eigenvalue weighted by Crippen LogP contribution is -2.18. The highest BCUT2D eigenvalue weighted by Gasteiger charge is 1.91. The molecule has 0 fully saturated rings. The zero-order valence-corrected chi connectivity index (χ0v) is 7.06. The summed E-state index contributed by atoms with van der Waals surface area (Å²) in [6.07, 6.45) is 0. The number of nitrogens with two attached hydrogens (primary N) is 1. The molecule has 1 rings (SSSR count). The van der Waals surface area contributed by atoms with E-state index in [9.17, 15) is 0 Å². The first-order chi connectivity index (χ1) is 5.61. The molecule has 0 spiro atoms. The van der Waals surface area contributed by atoms with Crippen molar-refractivity contribution in [2.45, 2.75) is 6.92 Å². The van der Waals surface area contributed by atoms with Gasteiger partial charge in [0.2, 0.25) is 0 Å². The van der Waals surface area contributed by atoms with Crippen molar-refractivity contribution in [3.63, 3.8) is 0 Å². The quantitative estimate of drug-likeness (QED) is 0.625. The Morgan fingerprint density at radius 2 is 2.45 bits per heavy atom. The summed E-state index contributed by atoms with van der Waals surface area (Å²) in [7, 11) is 0. The topological polar surface area (TPSA) is 38.0 Å². The largest absolute Gasteiger partial charge is 0.376 e. The predicted octanol–water partition coefficient (Wildman–Crippen LogP) is 1.65. The minimum Gasteiger partial charge on any atom is -0.376 e. The van der Waals surface area contributed by atoms with Gasteiger partial charge in [0.1, 0.15) is 0 Å². The van der Waals surface area contributed by atoms with Gasteiger partial charge in [-0.25, -0.2) is 0 Å². The minimum absolute atomic E-state index is 0.0561. The van der Waals surface area contributed by atoms with E-state index in [1.54, 1.807) is 6.07 Å². The Hall–Kier alpha value is -1.09. The van der Waals surface area contributed by atoms with Gasteiger partial charge in [-0.3, -0.25) is 0 Å². The Kier molecular flexibility index (Phi) is 2.01. The van der Waals surface area contributed by atoms with Gasteiger partial charge in [-0.15, -0.1) is 0 Å². The third-order valence-electron chi connectivity index (χ3n) is 1.24. The van der Waals surface area contributed by atoms with Crippen molar-refractivity contribution in [3.8, 4) is 0 Å². The molecule has 3 heteroatoms. The predicted molar refractivity (Wildman–Crippen MR) is 51.6 cm³/mol. The van der Waals surface area contributed by atoms with Gasteiger partial charge in [0.15, 0.2) is 6.52 Å². The van der Waals surface area contributed by atoms with Crippen molar-refractivity contribution in [3.05, 3.63) is 29.8 Å². The van der Waals surface area contributed by atoms with E-state index >= 15 is 0 Å². The molecule has 0 heterocycles. The fraction of sp³-hybridized carbons (Fsp3) is 0.125. The maximum atomic E-state index is 7.43. The van der Waals surface area contributed by atoms with Gasteiger partial charge in [0.25, 0.3) is 0 Å². The Morgan fingerprint density at radius 3 is 3.00 bits per heavy atom. The fourth-order valence-corrected chi connectivity index (χ4v) is 0.930. The van der Waals surface area contributed by atoms with Crippen LogP contribution >= 0.6 is 12.2 Å². The normalized spacial score (nSPS) is 10.5. The molecule has 58 valence electrons. The average Bonchev–Trinajstić information content (AvgIpc) is 2.03. The van der Waals surface area contributed by atoms with Crippen LogP contribution in [-0.2, 0) is 0 Å². The molecular weight excluding hydrogens is 156 g/mol. The van der Waals surface area contributed by atoms with Crippen LogP contribution in [0.5, 0.6) is 0 Å². The molecule has 0 atom stereocenters. The number of rotatable bonds is 1. The Morgan fingerprint density at radius 1 is 1.73 bits per heavy atom. The van der Waals surface area contributed by atoms with Crippen LogP contribution in [0, 0.1) is 6.92 Å². The van der Waals surface area contributed by atoms with Crippen LogP contribution in [-0.4, -0.2) is 5.11 Å². The molecule has 0 radical (unpaired) electrons. The van der Waals surface area contributed by atoms with Gasteiger partial charge in [0.05, 0.1) is 0 Å². The monoisotopic (exact) mass is 167 g/mol. The molecule has 2 nitrogen and oxygen atoms in total. The number of thiocarbonyl (C=S) groups is 1. The van der Waals surface area contributed by atoms with E-state index in [0.717, 1.165) is 10.9 Å². The summed E-state index contributed by atoms with van der Waals surface area (Å²) < 4.78 is 7.43. The standard InChI is InChI=1S/C8H10N2S/c1-6-3-2-4-7(5-6)10-8(9)11/h2-5H,1H3,(H3,9,10,11)/i/hD. The summed E-state index contributed by atoms with van der Waals surface area (Å²) in [4.78, 5) is 0. The molecule has 0 aliphatic rings. The lowest BCUT2D eigenvalue weighted by Gasteiger charge is -2.03.